The highest BCUT2D eigenvalue weighted by molar-refractivity contribution is 6.35. The van der Waals surface area contributed by atoms with Crippen LogP contribution in [0.2, 0.25) is 5.02 Å². The topological polar surface area (TPSA) is 52.0 Å². The normalized spacial score (nSPS) is 17.8. The van der Waals surface area contributed by atoms with Crippen molar-refractivity contribution in [2.24, 2.45) is 0 Å². The number of hydrogen-bond donors (Lipinski definition) is 1. The molecule has 5 heteroatoms. The molecule has 1 fully saturated rings. The predicted molar refractivity (Wildman–Crippen MR) is 79.5 cm³/mol. The maximum absolute atomic E-state index is 9.59. The van der Waals surface area contributed by atoms with Crippen LogP contribution in [0.4, 0.5) is 0 Å². The van der Waals surface area contributed by atoms with Gasteiger partial charge in [0.05, 0.1) is 11.6 Å². The fourth-order valence-corrected chi connectivity index (χ4v) is 2.88. The van der Waals surface area contributed by atoms with Crippen molar-refractivity contribution in [1.82, 2.24) is 15.2 Å². The van der Waals surface area contributed by atoms with Gasteiger partial charge in [0.15, 0.2) is 0 Å². The largest absolute Gasteiger partial charge is 0.314 e. The molecule has 1 aromatic carbocycles. The van der Waals surface area contributed by atoms with Crippen LogP contribution in [0, 0.1) is 11.3 Å². The van der Waals surface area contributed by atoms with E-state index in [1.807, 2.05) is 24.3 Å². The molecule has 3 rings (SSSR count). The van der Waals surface area contributed by atoms with Crippen LogP contribution in [0.5, 0.6) is 0 Å². The first-order valence-electron chi connectivity index (χ1n) is 6.69. The maximum Gasteiger partial charge on any atom is 0.126 e. The smallest absolute Gasteiger partial charge is 0.126 e. The summed E-state index contributed by atoms with van der Waals surface area (Å²) >= 11 is 6.22. The number of hydrogen-bond acceptors (Lipinski definition) is 4. The SMILES string of the molecule is N#CC(c1ccc(Cl)c2cccnc12)N1CCNCC1. The Kier molecular flexibility index (Phi) is 3.83. The van der Waals surface area contributed by atoms with Gasteiger partial charge in [-0.05, 0) is 18.2 Å². The third-order valence-corrected chi connectivity index (χ3v) is 4.01. The van der Waals surface area contributed by atoms with Gasteiger partial charge in [0, 0.05) is 48.3 Å². The van der Waals surface area contributed by atoms with Crippen molar-refractivity contribution < 1.29 is 0 Å². The fraction of sp³-hybridized carbons (Fsp3) is 0.333. The van der Waals surface area contributed by atoms with Crippen LogP contribution >= 0.6 is 11.6 Å². The Bertz CT molecular complexity index is 658. The van der Waals surface area contributed by atoms with E-state index in [-0.39, 0.29) is 6.04 Å². The summed E-state index contributed by atoms with van der Waals surface area (Å²) in [6.45, 7) is 3.57. The number of nitriles is 1. The number of piperazine rings is 1. The number of aromatic nitrogens is 1. The van der Waals surface area contributed by atoms with Gasteiger partial charge in [0.2, 0.25) is 0 Å². The molecule has 0 spiro atoms. The summed E-state index contributed by atoms with van der Waals surface area (Å²) < 4.78 is 0. The second kappa shape index (κ2) is 5.76. The molecule has 4 nitrogen and oxygen atoms in total. The Labute approximate surface area is 123 Å². The van der Waals surface area contributed by atoms with Crippen molar-refractivity contribution in [1.29, 1.82) is 5.26 Å². The van der Waals surface area contributed by atoms with Crippen LogP contribution in [-0.4, -0.2) is 36.1 Å². The second-order valence-corrected chi connectivity index (χ2v) is 5.26. The van der Waals surface area contributed by atoms with Gasteiger partial charge in [-0.25, -0.2) is 0 Å². The maximum atomic E-state index is 9.59. The summed E-state index contributed by atoms with van der Waals surface area (Å²) in [4.78, 5) is 6.62. The molecule has 2 heterocycles. The zero-order chi connectivity index (χ0) is 13.9. The lowest BCUT2D eigenvalue weighted by atomic mass is 10.0. The molecule has 1 aliphatic rings. The summed E-state index contributed by atoms with van der Waals surface area (Å²) in [6.07, 6.45) is 1.74. The number of fused-ring (bicyclic) bond motifs is 1. The number of halogens is 1. The minimum atomic E-state index is -0.272. The summed E-state index contributed by atoms with van der Waals surface area (Å²) in [5.74, 6) is 0. The third kappa shape index (κ3) is 2.36. The first-order chi connectivity index (χ1) is 9.81. The van der Waals surface area contributed by atoms with Gasteiger partial charge in [-0.2, -0.15) is 5.26 Å². The Hall–Kier alpha value is -1.67. The molecule has 1 atom stereocenters. The van der Waals surface area contributed by atoms with Crippen molar-refractivity contribution in [3.8, 4) is 6.07 Å². The molecule has 1 N–H and O–H groups in total. The molecule has 102 valence electrons. The highest BCUT2D eigenvalue weighted by Crippen LogP contribution is 2.31. The molecular weight excluding hydrogens is 272 g/mol. The molecule has 0 amide bonds. The van der Waals surface area contributed by atoms with Crippen molar-refractivity contribution in [3.05, 3.63) is 41.0 Å². The number of nitrogens with one attached hydrogen (secondary N) is 1. The second-order valence-electron chi connectivity index (χ2n) is 4.85. The minimum absolute atomic E-state index is 0.272. The monoisotopic (exact) mass is 286 g/mol. The minimum Gasteiger partial charge on any atom is -0.314 e. The summed E-state index contributed by atoms with van der Waals surface area (Å²) in [5, 5.41) is 14.5. The van der Waals surface area contributed by atoms with Gasteiger partial charge >= 0.3 is 0 Å². The average molecular weight is 287 g/mol. The first kappa shape index (κ1) is 13.3. The van der Waals surface area contributed by atoms with Gasteiger partial charge in [-0.15, -0.1) is 0 Å². The lowest BCUT2D eigenvalue weighted by Crippen LogP contribution is -2.44. The Balaban J connectivity index is 2.08. The van der Waals surface area contributed by atoms with E-state index in [4.69, 9.17) is 11.6 Å². The van der Waals surface area contributed by atoms with Gasteiger partial charge in [-0.3, -0.25) is 9.88 Å². The number of rotatable bonds is 2. The van der Waals surface area contributed by atoms with Crippen LogP contribution in [0.25, 0.3) is 10.9 Å². The molecule has 1 aromatic heterocycles. The van der Waals surface area contributed by atoms with E-state index in [1.54, 1.807) is 6.20 Å². The molecule has 1 unspecified atom stereocenters. The zero-order valence-corrected chi connectivity index (χ0v) is 11.8. The van der Waals surface area contributed by atoms with Gasteiger partial charge in [0.25, 0.3) is 0 Å². The standard InChI is InChI=1S/C15H15ClN4/c16-13-4-3-12(15-11(13)2-1-5-19-15)14(10-17)20-8-6-18-7-9-20/h1-5,14,18H,6-9H2. The number of nitrogens with zero attached hydrogens (tertiary/aromatic N) is 3. The van der Waals surface area contributed by atoms with E-state index in [1.165, 1.54) is 0 Å². The van der Waals surface area contributed by atoms with Crippen molar-refractivity contribution in [3.63, 3.8) is 0 Å². The Morgan fingerprint density at radius 3 is 2.85 bits per heavy atom. The van der Waals surface area contributed by atoms with E-state index in [9.17, 15) is 5.26 Å². The molecule has 1 aliphatic heterocycles. The predicted octanol–water partition coefficient (Wildman–Crippen LogP) is 2.36. The zero-order valence-electron chi connectivity index (χ0n) is 11.0. The molecule has 20 heavy (non-hydrogen) atoms. The summed E-state index contributed by atoms with van der Waals surface area (Å²) in [7, 11) is 0. The van der Waals surface area contributed by atoms with E-state index < -0.39 is 0 Å². The third-order valence-electron chi connectivity index (χ3n) is 3.68. The molecule has 0 saturated carbocycles. The summed E-state index contributed by atoms with van der Waals surface area (Å²) in [6, 6.07) is 9.73. The molecule has 1 saturated heterocycles. The van der Waals surface area contributed by atoms with Crippen molar-refractivity contribution >= 4 is 22.5 Å². The van der Waals surface area contributed by atoms with Crippen LogP contribution in [0.1, 0.15) is 11.6 Å². The van der Waals surface area contributed by atoms with E-state index in [2.05, 4.69) is 21.3 Å². The van der Waals surface area contributed by atoms with E-state index in [0.29, 0.717) is 5.02 Å². The lowest BCUT2D eigenvalue weighted by Gasteiger charge is -2.31. The number of benzene rings is 1. The van der Waals surface area contributed by atoms with Crippen molar-refractivity contribution in [2.75, 3.05) is 26.2 Å². The molecule has 2 aromatic rings. The first-order valence-corrected chi connectivity index (χ1v) is 7.06. The quantitative estimate of drug-likeness (QED) is 0.921. The molecule has 0 radical (unpaired) electrons. The lowest BCUT2D eigenvalue weighted by molar-refractivity contribution is 0.208. The molecular formula is C15H15ClN4. The van der Waals surface area contributed by atoms with Crippen molar-refractivity contribution in [2.45, 2.75) is 6.04 Å². The fourth-order valence-electron chi connectivity index (χ4n) is 2.67. The highest BCUT2D eigenvalue weighted by atomic mass is 35.5. The summed E-state index contributed by atoms with van der Waals surface area (Å²) in [5.41, 5.74) is 1.76. The Morgan fingerprint density at radius 1 is 1.30 bits per heavy atom. The molecule has 0 aliphatic carbocycles. The molecule has 0 bridgehead atoms. The van der Waals surface area contributed by atoms with E-state index >= 15 is 0 Å². The van der Waals surface area contributed by atoms with Gasteiger partial charge < -0.3 is 5.32 Å². The van der Waals surface area contributed by atoms with Crippen LogP contribution < -0.4 is 5.32 Å². The van der Waals surface area contributed by atoms with Gasteiger partial charge in [0.1, 0.15) is 6.04 Å². The Morgan fingerprint density at radius 2 is 2.10 bits per heavy atom. The van der Waals surface area contributed by atoms with Crippen LogP contribution in [0.3, 0.4) is 0 Å². The van der Waals surface area contributed by atoms with Gasteiger partial charge in [-0.1, -0.05) is 17.7 Å². The van der Waals surface area contributed by atoms with Crippen LogP contribution in [0.15, 0.2) is 30.5 Å². The van der Waals surface area contributed by atoms with E-state index in [0.717, 1.165) is 42.6 Å². The van der Waals surface area contributed by atoms with Crippen LogP contribution in [-0.2, 0) is 0 Å². The average Bonchev–Trinajstić information content (AvgIpc) is 2.52. The highest BCUT2D eigenvalue weighted by Gasteiger charge is 2.24. The number of pyridine rings is 1.